The van der Waals surface area contributed by atoms with Gasteiger partial charge in [-0.3, -0.25) is 0 Å². The maximum absolute atomic E-state index is 2.72. The standard InChI is InChI=1S/C72H77BN2/c1-46-38-63-65-64(39-46)75(66-53(47-24-18-15-19-25-47)40-51(67(2,3)4)41-54(66)48-26-20-16-21-27-48)61-33-30-50(72(13,14)49-28-22-17-23-29-49)42-59(61)73(65)60-44-57-58(71(11,12)37-36-70(57,9)10)45-62(60)74(63)52-31-32-55-56(43-52)69(7,8)35-34-68(55,5)6/h15-33,38-45H,34-37H2,1-14H3. The molecule has 75 heavy (non-hydrogen) atoms. The molecule has 0 aromatic heterocycles. The Hall–Kier alpha value is -6.58. The Balaban J connectivity index is 1.24. The Kier molecular flexibility index (Phi) is 11.2. The second-order valence-electron chi connectivity index (χ2n) is 27.2. The molecule has 8 aromatic carbocycles. The van der Waals surface area contributed by atoms with E-state index in [1.165, 1.54) is 130 Å². The van der Waals surface area contributed by atoms with Gasteiger partial charge in [0, 0.05) is 45.0 Å². The third-order valence-electron chi connectivity index (χ3n) is 18.9. The van der Waals surface area contributed by atoms with Gasteiger partial charge in [0.05, 0.1) is 5.69 Å². The molecule has 0 saturated heterocycles. The Morgan fingerprint density at radius 2 is 0.880 bits per heavy atom. The molecule has 3 heteroatoms. The summed E-state index contributed by atoms with van der Waals surface area (Å²) in [4.78, 5) is 5.43. The van der Waals surface area contributed by atoms with Crippen LogP contribution >= 0.6 is 0 Å². The number of anilines is 6. The van der Waals surface area contributed by atoms with Crippen molar-refractivity contribution in [2.24, 2.45) is 0 Å². The summed E-state index contributed by atoms with van der Waals surface area (Å²) in [5, 5.41) is 0. The van der Waals surface area contributed by atoms with Gasteiger partial charge in [-0.2, -0.15) is 0 Å². The second-order valence-corrected chi connectivity index (χ2v) is 27.2. The van der Waals surface area contributed by atoms with Crippen molar-refractivity contribution in [3.05, 3.63) is 208 Å². The molecule has 0 N–H and O–H groups in total. The second kappa shape index (κ2) is 17.0. The zero-order chi connectivity index (χ0) is 52.8. The summed E-state index contributed by atoms with van der Waals surface area (Å²) in [6.45, 7) is 34.0. The lowest BCUT2D eigenvalue weighted by Crippen LogP contribution is -2.62. The first-order valence-electron chi connectivity index (χ1n) is 28.0. The number of hydrogen-bond acceptors (Lipinski definition) is 2. The summed E-state index contributed by atoms with van der Waals surface area (Å²) < 4.78 is 0. The SMILES string of the molecule is Cc1cc2c3c(c1)N(c1c(-c4ccccc4)cc(C(C)(C)C)cc1-c1ccccc1)c1ccc(C(C)(C)c4ccccc4)cc1B3c1cc3c(cc1N2c1ccc2c(c1)C(C)(C)CCC2(C)C)C(C)(C)CCC3(C)C. The van der Waals surface area contributed by atoms with Gasteiger partial charge >= 0.3 is 0 Å². The smallest absolute Gasteiger partial charge is 0.252 e. The van der Waals surface area contributed by atoms with Gasteiger partial charge in [0.25, 0.3) is 6.71 Å². The summed E-state index contributed by atoms with van der Waals surface area (Å²) in [7, 11) is 0. The highest BCUT2D eigenvalue weighted by Crippen LogP contribution is 2.55. The molecule has 0 atom stereocenters. The van der Waals surface area contributed by atoms with E-state index in [1.807, 2.05) is 0 Å². The summed E-state index contributed by atoms with van der Waals surface area (Å²) in [6.07, 6.45) is 4.68. The predicted octanol–water partition coefficient (Wildman–Crippen LogP) is 17.7. The molecule has 2 aliphatic carbocycles. The maximum Gasteiger partial charge on any atom is 0.252 e. The number of benzene rings is 8. The highest BCUT2D eigenvalue weighted by molar-refractivity contribution is 7.00. The van der Waals surface area contributed by atoms with Crippen LogP contribution in [0.4, 0.5) is 34.1 Å². The quantitative estimate of drug-likeness (QED) is 0.153. The summed E-state index contributed by atoms with van der Waals surface area (Å²) in [6, 6.07) is 64.1. The molecule has 0 bridgehead atoms. The van der Waals surface area contributed by atoms with Crippen molar-refractivity contribution >= 4 is 57.2 Å². The van der Waals surface area contributed by atoms with E-state index in [2.05, 4.69) is 271 Å². The van der Waals surface area contributed by atoms with Gasteiger partial charge in [-0.05, 0) is 180 Å². The Bertz CT molecular complexity index is 3510. The number of aryl methyl sites for hydroxylation is 1. The van der Waals surface area contributed by atoms with Crippen LogP contribution in [0.25, 0.3) is 22.3 Å². The van der Waals surface area contributed by atoms with Gasteiger partial charge in [0.15, 0.2) is 0 Å². The minimum Gasteiger partial charge on any atom is -0.311 e. The van der Waals surface area contributed by atoms with Crippen LogP contribution in [0.3, 0.4) is 0 Å². The van der Waals surface area contributed by atoms with Gasteiger partial charge in [-0.1, -0.05) is 205 Å². The molecule has 12 rings (SSSR count). The largest absolute Gasteiger partial charge is 0.311 e. The van der Waals surface area contributed by atoms with Crippen LogP contribution in [-0.4, -0.2) is 6.71 Å². The van der Waals surface area contributed by atoms with Gasteiger partial charge in [0.1, 0.15) is 0 Å². The van der Waals surface area contributed by atoms with Crippen molar-refractivity contribution in [2.45, 2.75) is 155 Å². The fourth-order valence-electron chi connectivity index (χ4n) is 13.8. The van der Waals surface area contributed by atoms with Crippen molar-refractivity contribution in [3.8, 4) is 22.3 Å². The van der Waals surface area contributed by atoms with Gasteiger partial charge < -0.3 is 9.80 Å². The van der Waals surface area contributed by atoms with Crippen LogP contribution in [0.15, 0.2) is 164 Å². The molecule has 4 aliphatic rings. The molecule has 2 aliphatic heterocycles. The zero-order valence-corrected chi connectivity index (χ0v) is 47.4. The molecule has 2 heterocycles. The van der Waals surface area contributed by atoms with Gasteiger partial charge in [-0.15, -0.1) is 0 Å². The van der Waals surface area contributed by atoms with E-state index in [4.69, 9.17) is 0 Å². The van der Waals surface area contributed by atoms with Crippen LogP contribution in [0.5, 0.6) is 0 Å². The van der Waals surface area contributed by atoms with E-state index in [-0.39, 0.29) is 39.2 Å². The molecule has 0 fully saturated rings. The highest BCUT2D eigenvalue weighted by atomic mass is 15.2. The summed E-state index contributed by atoms with van der Waals surface area (Å²) in [5.74, 6) is 0. The Morgan fingerprint density at radius 3 is 1.43 bits per heavy atom. The van der Waals surface area contributed by atoms with Crippen molar-refractivity contribution in [1.29, 1.82) is 0 Å². The van der Waals surface area contributed by atoms with Crippen molar-refractivity contribution < 1.29 is 0 Å². The van der Waals surface area contributed by atoms with Crippen LogP contribution in [0, 0.1) is 6.92 Å². The average Bonchev–Trinajstić information content (AvgIpc) is 3.43. The normalized spacial score (nSPS) is 17.6. The number of nitrogens with zero attached hydrogens (tertiary/aromatic N) is 2. The molecular formula is C72H77BN2. The number of fused-ring (bicyclic) bond motifs is 6. The molecule has 0 spiro atoms. The van der Waals surface area contributed by atoms with Crippen LogP contribution in [-0.2, 0) is 32.5 Å². The highest BCUT2D eigenvalue weighted by Gasteiger charge is 2.48. The molecule has 8 aromatic rings. The predicted molar refractivity (Wildman–Crippen MR) is 324 cm³/mol. The molecular weight excluding hydrogens is 904 g/mol. The first kappa shape index (κ1) is 49.3. The topological polar surface area (TPSA) is 6.48 Å². The molecule has 0 saturated carbocycles. The van der Waals surface area contributed by atoms with E-state index in [0.29, 0.717) is 0 Å². The lowest BCUT2D eigenvalue weighted by molar-refractivity contribution is 0.332. The molecule has 0 amide bonds. The monoisotopic (exact) mass is 981 g/mol. The van der Waals surface area contributed by atoms with E-state index in [1.54, 1.807) is 0 Å². The molecule has 2 nitrogen and oxygen atoms in total. The van der Waals surface area contributed by atoms with Crippen LogP contribution < -0.4 is 26.2 Å². The Morgan fingerprint density at radius 1 is 0.400 bits per heavy atom. The molecule has 0 unspecified atom stereocenters. The number of hydrogen-bond donors (Lipinski definition) is 0. The van der Waals surface area contributed by atoms with E-state index < -0.39 is 0 Å². The molecule has 0 radical (unpaired) electrons. The third-order valence-corrected chi connectivity index (χ3v) is 18.9. The maximum atomic E-state index is 2.72. The van der Waals surface area contributed by atoms with Crippen molar-refractivity contribution in [2.75, 3.05) is 9.80 Å². The van der Waals surface area contributed by atoms with Crippen LogP contribution in [0.1, 0.15) is 160 Å². The van der Waals surface area contributed by atoms with Crippen molar-refractivity contribution in [1.82, 2.24) is 0 Å². The zero-order valence-electron chi connectivity index (χ0n) is 47.4. The van der Waals surface area contributed by atoms with E-state index >= 15 is 0 Å². The molecule has 378 valence electrons. The minimum atomic E-state index is -0.259. The first-order valence-corrected chi connectivity index (χ1v) is 28.0. The average molecular weight is 981 g/mol. The van der Waals surface area contributed by atoms with E-state index in [9.17, 15) is 0 Å². The first-order chi connectivity index (χ1) is 35.5. The van der Waals surface area contributed by atoms with Gasteiger partial charge in [-0.25, -0.2) is 0 Å². The summed E-state index contributed by atoms with van der Waals surface area (Å²) in [5.41, 5.74) is 27.6. The lowest BCUT2D eigenvalue weighted by Gasteiger charge is -2.48. The Labute approximate surface area is 450 Å². The van der Waals surface area contributed by atoms with Crippen molar-refractivity contribution in [3.63, 3.8) is 0 Å². The minimum absolute atomic E-state index is 0.0210. The fourth-order valence-corrected chi connectivity index (χ4v) is 13.8. The fraction of sp³-hybridized carbons (Fsp3) is 0.333. The third kappa shape index (κ3) is 7.88. The lowest BCUT2D eigenvalue weighted by atomic mass is 9.33. The number of rotatable bonds is 6. The summed E-state index contributed by atoms with van der Waals surface area (Å²) >= 11 is 0. The van der Waals surface area contributed by atoms with Crippen LogP contribution in [0.2, 0.25) is 0 Å². The van der Waals surface area contributed by atoms with Gasteiger partial charge in [0.2, 0.25) is 0 Å². The van der Waals surface area contributed by atoms with E-state index in [0.717, 1.165) is 12.8 Å².